The van der Waals surface area contributed by atoms with E-state index in [9.17, 15) is 0 Å². The molecular weight excluding hydrogens is 266 g/mol. The molecule has 106 valence electrons. The maximum atomic E-state index is 6.32. The van der Waals surface area contributed by atoms with Crippen LogP contribution in [0.1, 0.15) is 30.9 Å². The first kappa shape index (κ1) is 15.1. The highest BCUT2D eigenvalue weighted by molar-refractivity contribution is 6.31. The molecule has 2 aromatic carbocycles. The number of aryl methyl sites for hydroxylation is 1. The molecule has 0 heterocycles. The van der Waals surface area contributed by atoms with E-state index in [2.05, 4.69) is 54.7 Å². The van der Waals surface area contributed by atoms with Gasteiger partial charge in [0.2, 0.25) is 0 Å². The van der Waals surface area contributed by atoms with Crippen LogP contribution in [0.5, 0.6) is 0 Å². The fraction of sp³-hybridized carbons (Fsp3) is 0.333. The summed E-state index contributed by atoms with van der Waals surface area (Å²) in [6, 6.07) is 15.1. The number of hydrogen-bond donors (Lipinski definition) is 1. The van der Waals surface area contributed by atoms with Gasteiger partial charge in [-0.05, 0) is 48.2 Å². The summed E-state index contributed by atoms with van der Waals surface area (Å²) in [6.45, 7) is 3.03. The van der Waals surface area contributed by atoms with Crippen molar-refractivity contribution >= 4 is 11.6 Å². The lowest BCUT2D eigenvalue weighted by Crippen LogP contribution is -2.05. The highest BCUT2D eigenvalue weighted by Gasteiger charge is 2.03. The molecule has 0 saturated carbocycles. The van der Waals surface area contributed by atoms with Crippen molar-refractivity contribution in [3.8, 4) is 11.1 Å². The van der Waals surface area contributed by atoms with Gasteiger partial charge in [-0.2, -0.15) is 0 Å². The lowest BCUT2D eigenvalue weighted by atomic mass is 10.0. The van der Waals surface area contributed by atoms with E-state index in [0.717, 1.165) is 17.1 Å². The Bertz CT molecular complexity index is 546. The normalized spacial score (nSPS) is 10.8. The molecular formula is C18H22ClN. The number of nitrogens with one attached hydrogen (secondary N) is 1. The van der Waals surface area contributed by atoms with Gasteiger partial charge in [0.1, 0.15) is 0 Å². The van der Waals surface area contributed by atoms with Gasteiger partial charge in [-0.15, -0.1) is 0 Å². The molecule has 0 spiro atoms. The summed E-state index contributed by atoms with van der Waals surface area (Å²) in [5, 5.41) is 3.95. The molecule has 0 unspecified atom stereocenters. The zero-order valence-electron chi connectivity index (χ0n) is 12.2. The van der Waals surface area contributed by atoms with Crippen LogP contribution in [0.2, 0.25) is 5.02 Å². The van der Waals surface area contributed by atoms with E-state index in [0.29, 0.717) is 0 Å². The van der Waals surface area contributed by atoms with Gasteiger partial charge in [-0.1, -0.05) is 61.3 Å². The molecule has 0 fully saturated rings. The molecule has 0 aliphatic heterocycles. The standard InChI is InChI=1S/C18H22ClN/c1-3-4-5-14-6-8-15(9-7-14)16-10-11-17(13-20-2)18(19)12-16/h6-12,20H,3-5,13H2,1-2H3. The van der Waals surface area contributed by atoms with Crippen molar-refractivity contribution in [2.45, 2.75) is 32.7 Å². The van der Waals surface area contributed by atoms with Crippen molar-refractivity contribution < 1.29 is 0 Å². The van der Waals surface area contributed by atoms with Crippen LogP contribution in [0, 0.1) is 0 Å². The smallest absolute Gasteiger partial charge is 0.0457 e. The molecule has 0 aliphatic rings. The van der Waals surface area contributed by atoms with E-state index >= 15 is 0 Å². The Morgan fingerprint density at radius 1 is 1.00 bits per heavy atom. The van der Waals surface area contributed by atoms with Crippen LogP contribution < -0.4 is 5.32 Å². The Labute approximate surface area is 127 Å². The molecule has 0 aliphatic carbocycles. The summed E-state index contributed by atoms with van der Waals surface area (Å²) in [4.78, 5) is 0. The van der Waals surface area contributed by atoms with Gasteiger partial charge in [-0.3, -0.25) is 0 Å². The molecule has 0 radical (unpaired) electrons. The average molecular weight is 288 g/mol. The van der Waals surface area contributed by atoms with Crippen LogP contribution in [-0.4, -0.2) is 7.05 Å². The SMILES string of the molecule is CCCCc1ccc(-c2ccc(CNC)c(Cl)c2)cc1. The van der Waals surface area contributed by atoms with E-state index in [1.54, 1.807) is 0 Å². The fourth-order valence-electron chi connectivity index (χ4n) is 2.31. The third kappa shape index (κ3) is 3.84. The van der Waals surface area contributed by atoms with Crippen molar-refractivity contribution in [3.63, 3.8) is 0 Å². The molecule has 0 bridgehead atoms. The zero-order valence-corrected chi connectivity index (χ0v) is 13.0. The van der Waals surface area contributed by atoms with Crippen molar-refractivity contribution in [1.82, 2.24) is 5.32 Å². The number of unbranched alkanes of at least 4 members (excludes halogenated alkanes) is 1. The highest BCUT2D eigenvalue weighted by atomic mass is 35.5. The molecule has 2 heteroatoms. The van der Waals surface area contributed by atoms with Crippen molar-refractivity contribution in [2.75, 3.05) is 7.05 Å². The quantitative estimate of drug-likeness (QED) is 0.782. The first-order chi connectivity index (χ1) is 9.74. The minimum absolute atomic E-state index is 0.801. The molecule has 20 heavy (non-hydrogen) atoms. The van der Waals surface area contributed by atoms with Gasteiger partial charge in [0.15, 0.2) is 0 Å². The first-order valence-corrected chi connectivity index (χ1v) is 7.64. The largest absolute Gasteiger partial charge is 0.316 e. The Hall–Kier alpha value is -1.31. The summed E-state index contributed by atoms with van der Waals surface area (Å²) in [5.41, 5.74) is 4.95. The van der Waals surface area contributed by atoms with Crippen molar-refractivity contribution in [1.29, 1.82) is 0 Å². The predicted molar refractivity (Wildman–Crippen MR) is 88.3 cm³/mol. The van der Waals surface area contributed by atoms with Crippen LogP contribution >= 0.6 is 11.6 Å². The topological polar surface area (TPSA) is 12.0 Å². The molecule has 2 rings (SSSR count). The molecule has 0 saturated heterocycles. The van der Waals surface area contributed by atoms with E-state index in [1.807, 2.05) is 7.05 Å². The van der Waals surface area contributed by atoms with Crippen LogP contribution in [0.4, 0.5) is 0 Å². The van der Waals surface area contributed by atoms with Gasteiger partial charge < -0.3 is 5.32 Å². The predicted octanol–water partition coefficient (Wildman–Crippen LogP) is 5.07. The summed E-state index contributed by atoms with van der Waals surface area (Å²) < 4.78 is 0. The van der Waals surface area contributed by atoms with E-state index < -0.39 is 0 Å². The number of rotatable bonds is 6. The third-order valence-electron chi connectivity index (χ3n) is 3.53. The summed E-state index contributed by atoms with van der Waals surface area (Å²) >= 11 is 6.32. The Morgan fingerprint density at radius 3 is 2.30 bits per heavy atom. The maximum absolute atomic E-state index is 6.32. The maximum Gasteiger partial charge on any atom is 0.0457 e. The highest BCUT2D eigenvalue weighted by Crippen LogP contribution is 2.26. The molecule has 2 aromatic rings. The van der Waals surface area contributed by atoms with Gasteiger partial charge in [0.05, 0.1) is 0 Å². The number of benzene rings is 2. The zero-order chi connectivity index (χ0) is 14.4. The molecule has 1 nitrogen and oxygen atoms in total. The first-order valence-electron chi connectivity index (χ1n) is 7.27. The van der Waals surface area contributed by atoms with Crippen LogP contribution in [0.25, 0.3) is 11.1 Å². The summed E-state index contributed by atoms with van der Waals surface area (Å²) in [7, 11) is 1.93. The van der Waals surface area contributed by atoms with Crippen molar-refractivity contribution in [2.24, 2.45) is 0 Å². The lowest BCUT2D eigenvalue weighted by Gasteiger charge is -2.08. The number of hydrogen-bond acceptors (Lipinski definition) is 1. The molecule has 0 atom stereocenters. The number of halogens is 1. The van der Waals surface area contributed by atoms with Gasteiger partial charge in [-0.25, -0.2) is 0 Å². The molecule has 0 amide bonds. The van der Waals surface area contributed by atoms with Crippen LogP contribution in [-0.2, 0) is 13.0 Å². The Morgan fingerprint density at radius 2 is 1.70 bits per heavy atom. The minimum atomic E-state index is 0.801. The minimum Gasteiger partial charge on any atom is -0.316 e. The second kappa shape index (κ2) is 7.47. The van der Waals surface area contributed by atoms with Crippen LogP contribution in [0.15, 0.2) is 42.5 Å². The molecule has 0 aromatic heterocycles. The van der Waals surface area contributed by atoms with E-state index in [4.69, 9.17) is 11.6 Å². The Kier molecular flexibility index (Phi) is 5.63. The fourth-order valence-corrected chi connectivity index (χ4v) is 2.55. The lowest BCUT2D eigenvalue weighted by molar-refractivity contribution is 0.795. The summed E-state index contributed by atoms with van der Waals surface area (Å²) in [6.07, 6.45) is 3.66. The van der Waals surface area contributed by atoms with Gasteiger partial charge >= 0.3 is 0 Å². The summed E-state index contributed by atoms with van der Waals surface area (Å²) in [5.74, 6) is 0. The third-order valence-corrected chi connectivity index (χ3v) is 3.88. The van der Waals surface area contributed by atoms with E-state index in [-0.39, 0.29) is 0 Å². The Balaban J connectivity index is 2.17. The second-order valence-corrected chi connectivity index (χ2v) is 5.54. The van der Waals surface area contributed by atoms with Gasteiger partial charge in [0, 0.05) is 11.6 Å². The van der Waals surface area contributed by atoms with Crippen molar-refractivity contribution in [3.05, 3.63) is 58.6 Å². The second-order valence-electron chi connectivity index (χ2n) is 5.14. The molecule has 1 N–H and O–H groups in total. The van der Waals surface area contributed by atoms with E-state index in [1.165, 1.54) is 36.0 Å². The van der Waals surface area contributed by atoms with Gasteiger partial charge in [0.25, 0.3) is 0 Å². The average Bonchev–Trinajstić information content (AvgIpc) is 2.48. The van der Waals surface area contributed by atoms with Crippen LogP contribution in [0.3, 0.4) is 0 Å². The monoisotopic (exact) mass is 287 g/mol.